The van der Waals surface area contributed by atoms with Gasteiger partial charge in [0, 0.05) is 38.3 Å². The molecule has 0 spiro atoms. The van der Waals surface area contributed by atoms with E-state index in [1.54, 1.807) is 36.1 Å². The minimum absolute atomic E-state index is 0. The third kappa shape index (κ3) is 6.95. The first-order valence-electron chi connectivity index (χ1n) is 14.1. The van der Waals surface area contributed by atoms with Crippen LogP contribution in [-0.4, -0.2) is 70.1 Å². The Morgan fingerprint density at radius 1 is 0.976 bits per heavy atom. The predicted molar refractivity (Wildman–Crippen MR) is 173 cm³/mol. The van der Waals surface area contributed by atoms with Crippen LogP contribution in [0.1, 0.15) is 36.2 Å². The van der Waals surface area contributed by atoms with E-state index in [1.807, 2.05) is 30.3 Å². The number of hydrogen-bond donors (Lipinski definition) is 0. The smallest absolute Gasteiger partial charge is 0.264 e. The Hall–Kier alpha value is -3.02. The monoisotopic (exact) mass is 628 g/mol. The first-order chi connectivity index (χ1) is 19.9. The number of benzene rings is 3. The third-order valence-corrected chi connectivity index (χ3v) is 10.3. The molecule has 1 saturated heterocycles. The molecule has 0 radical (unpaired) electrons. The van der Waals surface area contributed by atoms with Crippen molar-refractivity contribution < 1.29 is 17.9 Å². The van der Waals surface area contributed by atoms with Gasteiger partial charge in [0.15, 0.2) is 5.13 Å². The molecule has 1 aliphatic heterocycles. The minimum Gasteiger partial charge on any atom is -0.379 e. The SMILES string of the molecule is CCc1cccc2sc(N(CCCN3CCOCC3)C(=O)c3ccc(S(=O)(=O)N(CC)c4ccccc4)cc3)nc12.Cl. The highest BCUT2D eigenvalue weighted by Crippen LogP contribution is 2.32. The van der Waals surface area contributed by atoms with Gasteiger partial charge < -0.3 is 4.74 Å². The summed E-state index contributed by atoms with van der Waals surface area (Å²) in [6.45, 7) is 8.82. The zero-order valence-corrected chi connectivity index (χ0v) is 26.4. The second-order valence-corrected chi connectivity index (χ2v) is 12.8. The van der Waals surface area contributed by atoms with Gasteiger partial charge in [-0.15, -0.1) is 12.4 Å². The van der Waals surface area contributed by atoms with E-state index in [4.69, 9.17) is 9.72 Å². The number of halogens is 1. The largest absolute Gasteiger partial charge is 0.379 e. The van der Waals surface area contributed by atoms with Crippen molar-refractivity contribution in [3.05, 3.63) is 83.9 Å². The number of ether oxygens (including phenoxy) is 1. The first kappa shape index (κ1) is 31.9. The van der Waals surface area contributed by atoms with Gasteiger partial charge in [-0.05, 0) is 67.8 Å². The van der Waals surface area contributed by atoms with Gasteiger partial charge in [-0.3, -0.25) is 18.9 Å². The summed E-state index contributed by atoms with van der Waals surface area (Å²) >= 11 is 1.51. The van der Waals surface area contributed by atoms with Crippen LogP contribution < -0.4 is 9.21 Å². The number of nitrogens with zero attached hydrogens (tertiary/aromatic N) is 4. The number of para-hydroxylation sites is 2. The fourth-order valence-electron chi connectivity index (χ4n) is 5.09. The van der Waals surface area contributed by atoms with Crippen molar-refractivity contribution in [1.29, 1.82) is 0 Å². The molecular formula is C31H37ClN4O4S2. The molecule has 5 rings (SSSR count). The van der Waals surface area contributed by atoms with Crippen LogP contribution in [-0.2, 0) is 21.2 Å². The van der Waals surface area contributed by atoms with E-state index < -0.39 is 10.0 Å². The maximum atomic E-state index is 13.9. The molecule has 11 heteroatoms. The molecule has 0 N–H and O–H groups in total. The number of amides is 1. The number of fused-ring (bicyclic) bond motifs is 1. The van der Waals surface area contributed by atoms with Crippen molar-refractivity contribution >= 4 is 60.7 Å². The number of morpholine rings is 1. The lowest BCUT2D eigenvalue weighted by molar-refractivity contribution is 0.0376. The lowest BCUT2D eigenvalue weighted by Gasteiger charge is -2.27. The number of sulfonamides is 1. The van der Waals surface area contributed by atoms with Crippen molar-refractivity contribution in [3.8, 4) is 0 Å². The molecule has 2 heterocycles. The van der Waals surface area contributed by atoms with Crippen LogP contribution in [0.25, 0.3) is 10.2 Å². The number of thiazole rings is 1. The highest BCUT2D eigenvalue weighted by Gasteiger charge is 2.26. The quantitative estimate of drug-likeness (QED) is 0.207. The Labute approximate surface area is 258 Å². The molecule has 0 bridgehead atoms. The molecule has 0 aliphatic carbocycles. The van der Waals surface area contributed by atoms with Crippen LogP contribution in [0.4, 0.5) is 10.8 Å². The van der Waals surface area contributed by atoms with Crippen LogP contribution >= 0.6 is 23.7 Å². The average Bonchev–Trinajstić information content (AvgIpc) is 3.45. The van der Waals surface area contributed by atoms with Crippen LogP contribution in [0.3, 0.4) is 0 Å². The lowest BCUT2D eigenvalue weighted by atomic mass is 10.1. The van der Waals surface area contributed by atoms with Crippen molar-refractivity contribution in [2.45, 2.75) is 31.6 Å². The predicted octanol–water partition coefficient (Wildman–Crippen LogP) is 5.86. The molecular weight excluding hydrogens is 592 g/mol. The van der Waals surface area contributed by atoms with Gasteiger partial charge >= 0.3 is 0 Å². The molecule has 1 aromatic heterocycles. The van der Waals surface area contributed by atoms with E-state index in [1.165, 1.54) is 27.8 Å². The summed E-state index contributed by atoms with van der Waals surface area (Å²) in [7, 11) is -3.79. The average molecular weight is 629 g/mol. The van der Waals surface area contributed by atoms with Gasteiger partial charge in [-0.25, -0.2) is 13.4 Å². The van der Waals surface area contributed by atoms with E-state index >= 15 is 0 Å². The number of hydrogen-bond acceptors (Lipinski definition) is 7. The number of rotatable bonds is 11. The highest BCUT2D eigenvalue weighted by atomic mass is 35.5. The van der Waals surface area contributed by atoms with Crippen molar-refractivity contribution in [2.75, 3.05) is 55.1 Å². The Morgan fingerprint density at radius 2 is 1.69 bits per heavy atom. The van der Waals surface area contributed by atoms with E-state index in [-0.39, 0.29) is 23.2 Å². The molecule has 0 saturated carbocycles. The Bertz CT molecular complexity index is 1570. The molecule has 0 unspecified atom stereocenters. The molecule has 1 amide bonds. The molecule has 224 valence electrons. The number of carbonyl (C=O) groups excluding carboxylic acids is 1. The fourth-order valence-corrected chi connectivity index (χ4v) is 7.61. The van der Waals surface area contributed by atoms with E-state index in [0.717, 1.165) is 61.5 Å². The normalized spacial score (nSPS) is 14.0. The molecule has 4 aromatic rings. The molecule has 0 atom stereocenters. The van der Waals surface area contributed by atoms with Gasteiger partial charge in [0.1, 0.15) is 0 Å². The first-order valence-corrected chi connectivity index (χ1v) is 16.4. The summed E-state index contributed by atoms with van der Waals surface area (Å²) in [5, 5.41) is 0.658. The highest BCUT2D eigenvalue weighted by molar-refractivity contribution is 7.92. The van der Waals surface area contributed by atoms with E-state index in [2.05, 4.69) is 17.9 Å². The standard InChI is InChI=1S/C31H36N4O4S2.ClH/c1-3-24-10-8-13-28-29(24)32-31(40-28)34(19-9-18-33-20-22-39-23-21-33)30(36)25-14-16-27(17-15-25)41(37,38)35(4-2)26-11-6-5-7-12-26;/h5-8,10-17H,3-4,9,18-23H2,1-2H3;1H. The minimum atomic E-state index is -3.79. The number of carbonyl (C=O) groups is 1. The van der Waals surface area contributed by atoms with Gasteiger partial charge in [-0.2, -0.15) is 0 Å². The summed E-state index contributed by atoms with van der Waals surface area (Å²) in [4.78, 5) is 23.1. The topological polar surface area (TPSA) is 83.0 Å². The fraction of sp³-hybridized carbons (Fsp3) is 0.355. The summed E-state index contributed by atoms with van der Waals surface area (Å²) in [6.07, 6.45) is 1.65. The summed E-state index contributed by atoms with van der Waals surface area (Å²) in [5.41, 5.74) is 3.11. The van der Waals surface area contributed by atoms with E-state index in [0.29, 0.717) is 29.5 Å². The lowest BCUT2D eigenvalue weighted by Crippen LogP contribution is -2.39. The van der Waals surface area contributed by atoms with E-state index in [9.17, 15) is 13.2 Å². The number of aryl methyl sites for hydroxylation is 1. The van der Waals surface area contributed by atoms with Crippen LogP contribution in [0, 0.1) is 0 Å². The zero-order chi connectivity index (χ0) is 28.8. The molecule has 1 aliphatic rings. The Kier molecular flexibility index (Phi) is 11.0. The second-order valence-electron chi connectivity index (χ2n) is 9.91. The Morgan fingerprint density at radius 3 is 2.36 bits per heavy atom. The number of anilines is 2. The van der Waals surface area contributed by atoms with Gasteiger partial charge in [-0.1, -0.05) is 48.6 Å². The van der Waals surface area contributed by atoms with Gasteiger partial charge in [0.2, 0.25) is 0 Å². The van der Waals surface area contributed by atoms with Gasteiger partial charge in [0.25, 0.3) is 15.9 Å². The maximum Gasteiger partial charge on any atom is 0.264 e. The van der Waals surface area contributed by atoms with Crippen molar-refractivity contribution in [3.63, 3.8) is 0 Å². The zero-order valence-electron chi connectivity index (χ0n) is 23.9. The molecule has 42 heavy (non-hydrogen) atoms. The second kappa shape index (κ2) is 14.4. The molecule has 8 nitrogen and oxygen atoms in total. The summed E-state index contributed by atoms with van der Waals surface area (Å²) in [5.74, 6) is -0.191. The van der Waals surface area contributed by atoms with Crippen LogP contribution in [0.5, 0.6) is 0 Å². The van der Waals surface area contributed by atoms with Crippen LogP contribution in [0.2, 0.25) is 0 Å². The summed E-state index contributed by atoms with van der Waals surface area (Å²) < 4.78 is 34.8. The van der Waals surface area contributed by atoms with Gasteiger partial charge in [0.05, 0.1) is 34.0 Å². The van der Waals surface area contributed by atoms with Crippen LogP contribution in [0.15, 0.2) is 77.7 Å². The molecule has 3 aromatic carbocycles. The number of aromatic nitrogens is 1. The third-order valence-electron chi connectivity index (χ3n) is 7.33. The van der Waals surface area contributed by atoms with Crippen molar-refractivity contribution in [2.24, 2.45) is 0 Å². The van der Waals surface area contributed by atoms with Crippen molar-refractivity contribution in [1.82, 2.24) is 9.88 Å². The summed E-state index contributed by atoms with van der Waals surface area (Å²) in [6, 6.07) is 21.4. The Balaban J connectivity index is 0.00000405. The maximum absolute atomic E-state index is 13.9. The molecule has 1 fully saturated rings.